The first-order valence-corrected chi connectivity index (χ1v) is 10.2. The predicted molar refractivity (Wildman–Crippen MR) is 110 cm³/mol. The maximum absolute atomic E-state index is 12.0. The van der Waals surface area contributed by atoms with Crippen LogP contribution in [0.5, 0.6) is 0 Å². The minimum absolute atomic E-state index is 0.133. The number of H-pyrrole nitrogens is 1. The lowest BCUT2D eigenvalue weighted by atomic mass is 10.1. The summed E-state index contributed by atoms with van der Waals surface area (Å²) in [6, 6.07) is 9.15. The Bertz CT molecular complexity index is 1090. The Labute approximate surface area is 172 Å². The molecule has 3 aromatic heterocycles. The highest BCUT2D eigenvalue weighted by Gasteiger charge is 2.16. The molecule has 0 aliphatic carbocycles. The molecule has 4 rings (SSSR count). The molecule has 12 heteroatoms. The predicted octanol–water partition coefficient (Wildman–Crippen LogP) is 2.89. The topological polar surface area (TPSA) is 127 Å². The Balaban J connectivity index is 1.45. The normalized spacial score (nSPS) is 10.9. The van der Waals surface area contributed by atoms with Crippen LogP contribution in [-0.2, 0) is 4.79 Å². The standard InChI is InChI=1S/C16H13ClN8OS2/c17-10-3-1-9(2-4-10)11-7-12(22-21-11)14-23-24-16(25(14)18)28-8-13(26)20-15-19-5-6-27-15/h1-7H,8,18H2,(H,21,22)(H,19,20,26). The van der Waals surface area contributed by atoms with Gasteiger partial charge in [0, 0.05) is 22.2 Å². The number of aromatic amines is 1. The third-order valence-electron chi connectivity index (χ3n) is 3.63. The van der Waals surface area contributed by atoms with Gasteiger partial charge in [0.1, 0.15) is 5.69 Å². The van der Waals surface area contributed by atoms with E-state index in [1.807, 2.05) is 18.2 Å². The maximum atomic E-state index is 12.0. The van der Waals surface area contributed by atoms with Crippen LogP contribution in [0.25, 0.3) is 22.8 Å². The number of nitrogens with two attached hydrogens (primary N) is 1. The Morgan fingerprint density at radius 2 is 2.14 bits per heavy atom. The molecule has 0 bridgehead atoms. The van der Waals surface area contributed by atoms with Crippen LogP contribution >= 0.6 is 34.7 Å². The third kappa shape index (κ3) is 4.01. The minimum atomic E-state index is -0.198. The van der Waals surface area contributed by atoms with Gasteiger partial charge in [-0.3, -0.25) is 9.89 Å². The van der Waals surface area contributed by atoms with Crippen LogP contribution in [0, 0.1) is 0 Å². The van der Waals surface area contributed by atoms with Crippen molar-refractivity contribution in [1.82, 2.24) is 30.1 Å². The average molecular weight is 433 g/mol. The molecule has 0 aliphatic rings. The molecule has 9 nitrogen and oxygen atoms in total. The molecule has 1 aromatic carbocycles. The zero-order chi connectivity index (χ0) is 19.5. The summed E-state index contributed by atoms with van der Waals surface area (Å²) in [4.78, 5) is 16.0. The summed E-state index contributed by atoms with van der Waals surface area (Å²) in [6.45, 7) is 0. The van der Waals surface area contributed by atoms with Crippen molar-refractivity contribution in [2.75, 3.05) is 16.9 Å². The number of benzene rings is 1. The van der Waals surface area contributed by atoms with Crippen molar-refractivity contribution in [2.45, 2.75) is 5.16 Å². The van der Waals surface area contributed by atoms with Crippen molar-refractivity contribution in [3.8, 4) is 22.8 Å². The van der Waals surface area contributed by atoms with Gasteiger partial charge in [-0.2, -0.15) is 5.10 Å². The summed E-state index contributed by atoms with van der Waals surface area (Å²) in [6.07, 6.45) is 1.62. The molecular weight excluding hydrogens is 420 g/mol. The van der Waals surface area contributed by atoms with Crippen LogP contribution in [0.15, 0.2) is 47.1 Å². The highest BCUT2D eigenvalue weighted by atomic mass is 35.5. The van der Waals surface area contributed by atoms with Gasteiger partial charge < -0.3 is 11.2 Å². The zero-order valence-corrected chi connectivity index (χ0v) is 16.6. The van der Waals surface area contributed by atoms with Crippen LogP contribution in [0.2, 0.25) is 5.02 Å². The molecule has 4 N–H and O–H groups in total. The van der Waals surface area contributed by atoms with Crippen LogP contribution in [0.4, 0.5) is 5.13 Å². The van der Waals surface area contributed by atoms with E-state index in [4.69, 9.17) is 17.4 Å². The van der Waals surface area contributed by atoms with E-state index in [1.165, 1.54) is 27.8 Å². The van der Waals surface area contributed by atoms with Crippen molar-refractivity contribution in [2.24, 2.45) is 0 Å². The average Bonchev–Trinajstić information content (AvgIpc) is 3.42. The van der Waals surface area contributed by atoms with Gasteiger partial charge in [0.05, 0.1) is 11.4 Å². The molecule has 1 amide bonds. The summed E-state index contributed by atoms with van der Waals surface area (Å²) in [5.41, 5.74) is 2.24. The Kier molecular flexibility index (Phi) is 5.28. The monoisotopic (exact) mass is 432 g/mol. The molecule has 0 spiro atoms. The lowest BCUT2D eigenvalue weighted by Gasteiger charge is -2.02. The number of carbonyl (C=O) groups excluding carboxylic acids is 1. The first-order valence-electron chi connectivity index (χ1n) is 7.94. The van der Waals surface area contributed by atoms with Crippen molar-refractivity contribution in [3.63, 3.8) is 0 Å². The van der Waals surface area contributed by atoms with Crippen molar-refractivity contribution in [1.29, 1.82) is 0 Å². The fourth-order valence-corrected chi connectivity index (χ4v) is 3.66. The molecule has 0 aliphatic heterocycles. The van der Waals surface area contributed by atoms with E-state index in [9.17, 15) is 4.79 Å². The van der Waals surface area contributed by atoms with Crippen molar-refractivity contribution < 1.29 is 4.79 Å². The van der Waals surface area contributed by atoms with Gasteiger partial charge in [-0.25, -0.2) is 9.66 Å². The number of carbonyl (C=O) groups is 1. The summed E-state index contributed by atoms with van der Waals surface area (Å²) in [5, 5.41) is 21.4. The quantitative estimate of drug-likeness (QED) is 0.315. The highest BCUT2D eigenvalue weighted by Crippen LogP contribution is 2.25. The zero-order valence-electron chi connectivity index (χ0n) is 14.2. The molecule has 0 saturated carbocycles. The number of nitrogen functional groups attached to an aromatic ring is 1. The molecule has 0 fully saturated rings. The Morgan fingerprint density at radius 1 is 1.32 bits per heavy atom. The number of nitrogens with zero attached hydrogens (tertiary/aromatic N) is 5. The molecule has 3 heterocycles. The summed E-state index contributed by atoms with van der Waals surface area (Å²) >= 11 is 8.44. The van der Waals surface area contributed by atoms with Gasteiger partial charge in [0.15, 0.2) is 5.13 Å². The second-order valence-electron chi connectivity index (χ2n) is 5.52. The number of anilines is 1. The lowest BCUT2D eigenvalue weighted by Crippen LogP contribution is -2.16. The van der Waals surface area contributed by atoms with Crippen LogP contribution < -0.4 is 11.2 Å². The molecule has 0 atom stereocenters. The van der Waals surface area contributed by atoms with E-state index in [-0.39, 0.29) is 11.7 Å². The maximum Gasteiger partial charge on any atom is 0.236 e. The molecule has 0 saturated heterocycles. The number of hydrogen-bond acceptors (Lipinski definition) is 8. The molecule has 28 heavy (non-hydrogen) atoms. The molecule has 142 valence electrons. The first kappa shape index (κ1) is 18.5. The number of hydrogen-bond donors (Lipinski definition) is 3. The van der Waals surface area contributed by atoms with Crippen LogP contribution in [-0.4, -0.2) is 41.7 Å². The molecule has 0 unspecified atom stereocenters. The van der Waals surface area contributed by atoms with E-state index in [0.29, 0.717) is 26.8 Å². The molecule has 4 aromatic rings. The van der Waals surface area contributed by atoms with E-state index < -0.39 is 0 Å². The number of halogens is 1. The van der Waals surface area contributed by atoms with Crippen molar-refractivity contribution in [3.05, 3.63) is 46.9 Å². The third-order valence-corrected chi connectivity index (χ3v) is 5.52. The second kappa shape index (κ2) is 8.00. The van der Waals surface area contributed by atoms with Crippen LogP contribution in [0.1, 0.15) is 0 Å². The fraction of sp³-hybridized carbons (Fsp3) is 0.0625. The number of nitrogens with one attached hydrogen (secondary N) is 2. The number of rotatable bonds is 6. The fourth-order valence-electron chi connectivity index (χ4n) is 2.33. The van der Waals surface area contributed by atoms with Crippen LogP contribution in [0.3, 0.4) is 0 Å². The van der Waals surface area contributed by atoms with Gasteiger partial charge in [-0.1, -0.05) is 35.5 Å². The first-order chi connectivity index (χ1) is 13.6. The minimum Gasteiger partial charge on any atom is -0.335 e. The van der Waals surface area contributed by atoms with Gasteiger partial charge in [-0.05, 0) is 18.2 Å². The van der Waals surface area contributed by atoms with Gasteiger partial charge >= 0.3 is 0 Å². The number of amides is 1. The van der Waals surface area contributed by atoms with Gasteiger partial charge in [-0.15, -0.1) is 21.5 Å². The van der Waals surface area contributed by atoms with E-state index in [0.717, 1.165) is 11.3 Å². The molecular formula is C16H13ClN8OS2. The van der Waals surface area contributed by atoms with Gasteiger partial charge in [0.2, 0.25) is 16.9 Å². The number of aromatic nitrogens is 6. The molecule has 0 radical (unpaired) electrons. The van der Waals surface area contributed by atoms with Crippen molar-refractivity contribution >= 4 is 45.7 Å². The van der Waals surface area contributed by atoms with E-state index in [1.54, 1.807) is 23.7 Å². The Hall–Kier alpha value is -2.89. The SMILES string of the molecule is Nn1c(SCC(=O)Nc2nccs2)nnc1-c1cc(-c2ccc(Cl)cc2)n[nH]1. The van der Waals surface area contributed by atoms with E-state index >= 15 is 0 Å². The summed E-state index contributed by atoms with van der Waals surface area (Å²) < 4.78 is 1.32. The summed E-state index contributed by atoms with van der Waals surface area (Å²) in [5.74, 6) is 6.44. The number of thioether (sulfide) groups is 1. The second-order valence-corrected chi connectivity index (χ2v) is 7.80. The lowest BCUT2D eigenvalue weighted by molar-refractivity contribution is -0.113. The Morgan fingerprint density at radius 3 is 2.89 bits per heavy atom. The summed E-state index contributed by atoms with van der Waals surface area (Å²) in [7, 11) is 0. The number of thiazole rings is 1. The van der Waals surface area contributed by atoms with E-state index in [2.05, 4.69) is 30.7 Å². The largest absolute Gasteiger partial charge is 0.335 e. The van der Waals surface area contributed by atoms with Gasteiger partial charge in [0.25, 0.3) is 0 Å². The highest BCUT2D eigenvalue weighted by molar-refractivity contribution is 7.99. The smallest absolute Gasteiger partial charge is 0.236 e.